The van der Waals surface area contributed by atoms with Gasteiger partial charge in [-0.2, -0.15) is 17.9 Å². The van der Waals surface area contributed by atoms with Crippen molar-refractivity contribution in [3.63, 3.8) is 0 Å². The summed E-state index contributed by atoms with van der Waals surface area (Å²) >= 11 is 6.45. The van der Waals surface area contributed by atoms with Gasteiger partial charge < -0.3 is 19.6 Å². The van der Waals surface area contributed by atoms with Crippen molar-refractivity contribution in [2.75, 3.05) is 38.2 Å². The van der Waals surface area contributed by atoms with Crippen molar-refractivity contribution < 1.29 is 37.4 Å². The maximum Gasteiger partial charge on any atom is 0.398 e. The summed E-state index contributed by atoms with van der Waals surface area (Å²) in [7, 11) is 1.60. The Hall–Kier alpha value is -3.12. The lowest BCUT2D eigenvalue weighted by molar-refractivity contribution is -0.160. The number of fused-ring (bicyclic) bond motifs is 1. The predicted octanol–water partition coefficient (Wildman–Crippen LogP) is 4.08. The van der Waals surface area contributed by atoms with Gasteiger partial charge >= 0.3 is 12.1 Å². The molecule has 1 amide bonds. The fourth-order valence-corrected chi connectivity index (χ4v) is 6.92. The molecule has 2 aromatic rings. The van der Waals surface area contributed by atoms with E-state index in [1.807, 2.05) is 4.90 Å². The molecular weight excluding hydrogens is 577 g/mol. The van der Waals surface area contributed by atoms with Crippen molar-refractivity contribution in [2.45, 2.75) is 62.6 Å². The lowest BCUT2D eigenvalue weighted by atomic mass is 9.85. The number of rotatable bonds is 6. The first-order valence-corrected chi connectivity index (χ1v) is 14.6. The molecular formula is C29H32ClF3N4O5. The van der Waals surface area contributed by atoms with Crippen LogP contribution in [0.15, 0.2) is 18.2 Å². The Kier molecular flexibility index (Phi) is 7.28. The highest BCUT2D eigenvalue weighted by Gasteiger charge is 2.65. The second-order valence-corrected chi connectivity index (χ2v) is 12.3. The number of hydrogen-bond donors (Lipinski definition) is 1. The van der Waals surface area contributed by atoms with Crippen molar-refractivity contribution in [3.8, 4) is 0 Å². The minimum absolute atomic E-state index is 0.0115. The molecule has 9 nitrogen and oxygen atoms in total. The van der Waals surface area contributed by atoms with E-state index in [1.54, 1.807) is 12.0 Å². The number of methoxy groups -OCH3 is 1. The van der Waals surface area contributed by atoms with Gasteiger partial charge in [-0.05, 0) is 50.2 Å². The highest BCUT2D eigenvalue weighted by molar-refractivity contribution is 6.34. The minimum Gasteiger partial charge on any atom is -0.481 e. The number of carboxylic acid groups (broad SMARTS) is 1. The number of hydrogen-bond acceptors (Lipinski definition) is 6. The van der Waals surface area contributed by atoms with Gasteiger partial charge in [-0.3, -0.25) is 14.4 Å². The third-order valence-corrected chi connectivity index (χ3v) is 9.78. The molecule has 1 atom stereocenters. The number of carbonyl (C=O) groups excluding carboxylic acids is 2. The molecule has 1 saturated carbocycles. The van der Waals surface area contributed by atoms with Crippen LogP contribution in [-0.2, 0) is 32.6 Å². The van der Waals surface area contributed by atoms with Crippen LogP contribution in [0.1, 0.15) is 59.3 Å². The number of likely N-dealkylation sites (tertiary alicyclic amines) is 1. The highest BCUT2D eigenvalue weighted by atomic mass is 35.5. The van der Waals surface area contributed by atoms with Crippen LogP contribution in [0.3, 0.4) is 0 Å². The standard InChI is InChI=1S/C29H32ClF3N4O5/c1-42-18-14-36(15-18)25(38)17-5-6-19-22(13-17)37(34-24(19)35-11-7-16(8-12-35)27(40)41)26(39)23-20(3-2-4-21(23)30)28(9-10-28)29(31,32)33/h2-4,16-18H,5-15H2,1H3,(H,40,41)/t17-/m0/s1. The van der Waals surface area contributed by atoms with Crippen LogP contribution in [0.25, 0.3) is 0 Å². The maximum absolute atomic E-state index is 14.2. The molecule has 3 heterocycles. The summed E-state index contributed by atoms with van der Waals surface area (Å²) in [6, 6.07) is 4.14. The molecule has 2 aliphatic carbocycles. The largest absolute Gasteiger partial charge is 0.481 e. The first-order chi connectivity index (χ1) is 19.9. The molecule has 1 aromatic heterocycles. The van der Waals surface area contributed by atoms with Crippen LogP contribution in [0, 0.1) is 11.8 Å². The number of alkyl halides is 3. The van der Waals surface area contributed by atoms with E-state index in [4.69, 9.17) is 16.3 Å². The number of aromatic nitrogens is 2. The Balaban J connectivity index is 1.38. The van der Waals surface area contributed by atoms with Crippen molar-refractivity contribution in [2.24, 2.45) is 11.8 Å². The monoisotopic (exact) mass is 608 g/mol. The Morgan fingerprint density at radius 2 is 1.79 bits per heavy atom. The molecule has 0 spiro atoms. The van der Waals surface area contributed by atoms with Crippen molar-refractivity contribution in [1.29, 1.82) is 0 Å². The third kappa shape index (κ3) is 4.76. The van der Waals surface area contributed by atoms with Gasteiger partial charge in [0, 0.05) is 51.2 Å². The molecule has 0 unspecified atom stereocenters. The van der Waals surface area contributed by atoms with E-state index in [-0.39, 0.29) is 47.4 Å². The van der Waals surface area contributed by atoms with E-state index in [2.05, 4.69) is 5.10 Å². The molecule has 13 heteroatoms. The summed E-state index contributed by atoms with van der Waals surface area (Å²) in [5.41, 5.74) is -1.26. The Morgan fingerprint density at radius 3 is 2.38 bits per heavy atom. The lowest BCUT2D eigenvalue weighted by Gasteiger charge is -2.40. The number of nitrogens with zero attached hydrogens (tertiary/aromatic N) is 4. The normalized spacial score (nSPS) is 22.5. The predicted molar refractivity (Wildman–Crippen MR) is 146 cm³/mol. The fraction of sp³-hybridized carbons (Fsp3) is 0.586. The Bertz CT molecular complexity index is 1420. The van der Waals surface area contributed by atoms with Crippen LogP contribution in [0.5, 0.6) is 0 Å². The van der Waals surface area contributed by atoms with Crippen molar-refractivity contribution in [1.82, 2.24) is 14.7 Å². The Morgan fingerprint density at radius 1 is 1.10 bits per heavy atom. The zero-order valence-electron chi connectivity index (χ0n) is 23.1. The number of carbonyl (C=O) groups is 3. The van der Waals surface area contributed by atoms with Gasteiger partial charge in [0.25, 0.3) is 5.91 Å². The first kappa shape index (κ1) is 29.0. The van der Waals surface area contributed by atoms with E-state index in [0.717, 1.165) is 10.2 Å². The van der Waals surface area contributed by atoms with Gasteiger partial charge in [0.05, 0.1) is 33.7 Å². The summed E-state index contributed by atoms with van der Waals surface area (Å²) < 4.78 is 49.0. The first-order valence-electron chi connectivity index (χ1n) is 14.3. The zero-order chi connectivity index (χ0) is 30.0. The van der Waals surface area contributed by atoms with E-state index in [1.165, 1.54) is 18.2 Å². The molecule has 226 valence electrons. The van der Waals surface area contributed by atoms with E-state index < -0.39 is 35.3 Å². The molecule has 2 aliphatic heterocycles. The van der Waals surface area contributed by atoms with Crippen LogP contribution in [0.2, 0.25) is 5.02 Å². The number of ether oxygens (including phenoxy) is 1. The molecule has 42 heavy (non-hydrogen) atoms. The van der Waals surface area contributed by atoms with Gasteiger partial charge in [0.1, 0.15) is 0 Å². The molecule has 1 N–H and O–H groups in total. The molecule has 0 radical (unpaired) electrons. The SMILES string of the molecule is COC1CN(C(=O)[C@H]2CCc3c(N4CCC(C(=O)O)CC4)nn(C(=O)c4c(Cl)cccc4C4(C(F)(F)F)CC4)c3C2)C1. The van der Waals surface area contributed by atoms with Crippen LogP contribution in [0.4, 0.5) is 19.0 Å². The van der Waals surface area contributed by atoms with Crippen LogP contribution in [-0.4, -0.2) is 83.1 Å². The minimum atomic E-state index is -4.55. The zero-order valence-corrected chi connectivity index (χ0v) is 23.9. The Labute approximate surface area is 245 Å². The second-order valence-electron chi connectivity index (χ2n) is 11.8. The number of halogens is 4. The molecule has 2 saturated heterocycles. The van der Waals surface area contributed by atoms with Crippen molar-refractivity contribution in [3.05, 3.63) is 45.6 Å². The fourth-order valence-electron chi connectivity index (χ4n) is 6.67. The average Bonchev–Trinajstić information content (AvgIpc) is 3.68. The molecule has 4 aliphatic rings. The topological polar surface area (TPSA) is 105 Å². The molecule has 6 rings (SSSR count). The van der Waals surface area contributed by atoms with Gasteiger partial charge in [-0.15, -0.1) is 5.10 Å². The van der Waals surface area contributed by atoms with Crippen molar-refractivity contribution >= 4 is 35.2 Å². The molecule has 0 bridgehead atoms. The van der Waals surface area contributed by atoms with Crippen LogP contribution < -0.4 is 4.90 Å². The number of piperidine rings is 1. The van der Waals surface area contributed by atoms with E-state index in [9.17, 15) is 32.7 Å². The third-order valence-electron chi connectivity index (χ3n) is 9.47. The van der Waals surface area contributed by atoms with Gasteiger partial charge in [-0.25, -0.2) is 0 Å². The smallest absolute Gasteiger partial charge is 0.398 e. The number of anilines is 1. The van der Waals surface area contributed by atoms with Crippen LogP contribution >= 0.6 is 11.6 Å². The summed E-state index contributed by atoms with van der Waals surface area (Å²) in [6.07, 6.45) is -2.82. The summed E-state index contributed by atoms with van der Waals surface area (Å²) in [5, 5.41) is 14.0. The summed E-state index contributed by atoms with van der Waals surface area (Å²) in [5.74, 6) is -2.04. The van der Waals surface area contributed by atoms with Gasteiger partial charge in [-0.1, -0.05) is 23.7 Å². The molecule has 3 fully saturated rings. The number of amides is 1. The second kappa shape index (κ2) is 10.6. The summed E-state index contributed by atoms with van der Waals surface area (Å²) in [6.45, 7) is 1.81. The average molecular weight is 609 g/mol. The number of benzene rings is 1. The van der Waals surface area contributed by atoms with E-state index >= 15 is 0 Å². The number of aliphatic carboxylic acids is 1. The number of carboxylic acids is 1. The highest BCUT2D eigenvalue weighted by Crippen LogP contribution is 2.60. The quantitative estimate of drug-likeness (QED) is 0.527. The maximum atomic E-state index is 14.2. The lowest BCUT2D eigenvalue weighted by Crippen LogP contribution is -2.56. The molecule has 1 aromatic carbocycles. The summed E-state index contributed by atoms with van der Waals surface area (Å²) in [4.78, 5) is 42.7. The van der Waals surface area contributed by atoms with Gasteiger partial charge in [0.15, 0.2) is 5.82 Å². The van der Waals surface area contributed by atoms with Gasteiger partial charge in [0.2, 0.25) is 5.91 Å². The van der Waals surface area contributed by atoms with E-state index in [0.29, 0.717) is 63.4 Å².